The van der Waals surface area contributed by atoms with Crippen molar-refractivity contribution in [3.8, 4) is 0 Å². The molecule has 4 atom stereocenters. The van der Waals surface area contributed by atoms with Crippen molar-refractivity contribution in [3.05, 3.63) is 35.9 Å². The summed E-state index contributed by atoms with van der Waals surface area (Å²) in [4.78, 5) is 11.6. The van der Waals surface area contributed by atoms with Crippen molar-refractivity contribution in [2.75, 3.05) is 6.61 Å². The molecule has 0 aromatic heterocycles. The number of hydrogen-bond acceptors (Lipinski definition) is 6. The summed E-state index contributed by atoms with van der Waals surface area (Å²) in [5.74, 6) is -0.884. The largest absolute Gasteiger partial charge is 0.394 e. The zero-order valence-corrected chi connectivity index (χ0v) is 10.8. The Morgan fingerprint density at radius 2 is 1.65 bits per heavy atom. The molecule has 0 bridgehead atoms. The van der Waals surface area contributed by atoms with Gasteiger partial charge in [-0.3, -0.25) is 4.79 Å². The Morgan fingerprint density at radius 3 is 2.20 bits per heavy atom. The molecule has 112 valence electrons. The van der Waals surface area contributed by atoms with Gasteiger partial charge in [-0.25, -0.2) is 0 Å². The van der Waals surface area contributed by atoms with Crippen LogP contribution in [-0.2, 0) is 11.3 Å². The van der Waals surface area contributed by atoms with E-state index in [1.54, 1.807) is 24.3 Å². The van der Waals surface area contributed by atoms with Gasteiger partial charge in [-0.1, -0.05) is 30.3 Å². The molecule has 1 aromatic carbocycles. The van der Waals surface area contributed by atoms with Gasteiger partial charge >= 0.3 is 0 Å². The first-order chi connectivity index (χ1) is 9.47. The van der Waals surface area contributed by atoms with E-state index in [-0.39, 0.29) is 6.54 Å². The van der Waals surface area contributed by atoms with Crippen LogP contribution in [0.1, 0.15) is 5.56 Å². The predicted molar refractivity (Wildman–Crippen MR) is 69.4 cm³/mol. The normalized spacial score (nSPS) is 17.1. The number of carbonyl (C=O) groups is 1. The number of amides is 1. The van der Waals surface area contributed by atoms with Crippen LogP contribution >= 0.6 is 0 Å². The molecule has 0 saturated heterocycles. The molecule has 0 aliphatic heterocycles. The first kappa shape index (κ1) is 16.5. The second-order valence-electron chi connectivity index (χ2n) is 4.38. The number of carbonyl (C=O) groups excluding carboxylic acids is 1. The number of aliphatic hydroxyl groups is 5. The summed E-state index contributed by atoms with van der Waals surface area (Å²) in [6.07, 6.45) is -7.26. The molecule has 7 heteroatoms. The molecule has 7 nitrogen and oxygen atoms in total. The van der Waals surface area contributed by atoms with Crippen molar-refractivity contribution in [1.82, 2.24) is 5.32 Å². The van der Waals surface area contributed by atoms with Gasteiger partial charge in [-0.05, 0) is 5.56 Å². The van der Waals surface area contributed by atoms with Gasteiger partial charge in [0.1, 0.15) is 18.3 Å². The standard InChI is InChI=1S/C13H19NO6/c15-7-9(16)10(17)11(18)12(19)13(20)14-6-8-4-2-1-3-5-8/h1-5,9-12,15-19H,6-7H2,(H,14,20)/t9-,10+,11+,12+/m0/s1. The quantitative estimate of drug-likeness (QED) is 0.335. The highest BCUT2D eigenvalue weighted by molar-refractivity contribution is 5.81. The highest BCUT2D eigenvalue weighted by Gasteiger charge is 2.33. The van der Waals surface area contributed by atoms with Crippen LogP contribution < -0.4 is 5.32 Å². The number of aliphatic hydroxyl groups excluding tert-OH is 5. The Labute approximate surface area is 116 Å². The maximum atomic E-state index is 11.6. The average Bonchev–Trinajstić information content (AvgIpc) is 2.50. The number of benzene rings is 1. The van der Waals surface area contributed by atoms with Crippen molar-refractivity contribution < 1.29 is 30.3 Å². The van der Waals surface area contributed by atoms with Crippen LogP contribution in [-0.4, -0.2) is 62.5 Å². The predicted octanol–water partition coefficient (Wildman–Crippen LogP) is -2.26. The zero-order chi connectivity index (χ0) is 15.1. The van der Waals surface area contributed by atoms with Gasteiger partial charge in [0.15, 0.2) is 6.10 Å². The third kappa shape index (κ3) is 4.55. The van der Waals surface area contributed by atoms with Gasteiger partial charge < -0.3 is 30.8 Å². The molecular formula is C13H19NO6. The minimum atomic E-state index is -1.91. The lowest BCUT2D eigenvalue weighted by Gasteiger charge is -2.24. The van der Waals surface area contributed by atoms with Gasteiger partial charge in [0, 0.05) is 6.54 Å². The summed E-state index contributed by atoms with van der Waals surface area (Å²) in [6, 6.07) is 8.93. The van der Waals surface area contributed by atoms with Gasteiger partial charge in [-0.2, -0.15) is 0 Å². The summed E-state index contributed by atoms with van der Waals surface area (Å²) in [7, 11) is 0. The molecule has 0 heterocycles. The molecule has 6 N–H and O–H groups in total. The summed E-state index contributed by atoms with van der Waals surface area (Å²) in [5.41, 5.74) is 0.804. The van der Waals surface area contributed by atoms with Crippen LogP contribution in [0, 0.1) is 0 Å². The van der Waals surface area contributed by atoms with Crippen LogP contribution in [0.25, 0.3) is 0 Å². The van der Waals surface area contributed by atoms with Crippen molar-refractivity contribution in [2.45, 2.75) is 31.0 Å². The van der Waals surface area contributed by atoms with Crippen molar-refractivity contribution in [2.24, 2.45) is 0 Å². The molecule has 0 radical (unpaired) electrons. The van der Waals surface area contributed by atoms with E-state index in [9.17, 15) is 20.1 Å². The maximum absolute atomic E-state index is 11.6. The lowest BCUT2D eigenvalue weighted by molar-refractivity contribution is -0.149. The fraction of sp³-hybridized carbons (Fsp3) is 0.462. The van der Waals surface area contributed by atoms with E-state index in [4.69, 9.17) is 10.2 Å². The summed E-state index contributed by atoms with van der Waals surface area (Å²) < 4.78 is 0. The number of hydrogen-bond donors (Lipinski definition) is 6. The lowest BCUT2D eigenvalue weighted by atomic mass is 10.0. The average molecular weight is 285 g/mol. The third-order valence-corrected chi connectivity index (χ3v) is 2.83. The first-order valence-corrected chi connectivity index (χ1v) is 6.12. The Morgan fingerprint density at radius 1 is 1.05 bits per heavy atom. The van der Waals surface area contributed by atoms with Gasteiger partial charge in [0.05, 0.1) is 6.61 Å². The second-order valence-corrected chi connectivity index (χ2v) is 4.38. The van der Waals surface area contributed by atoms with Crippen LogP contribution in [0.5, 0.6) is 0 Å². The van der Waals surface area contributed by atoms with Gasteiger partial charge in [0.2, 0.25) is 0 Å². The molecule has 0 aliphatic carbocycles. The number of rotatable bonds is 7. The molecule has 0 aliphatic rings. The van der Waals surface area contributed by atoms with Crippen LogP contribution in [0.4, 0.5) is 0 Å². The fourth-order valence-corrected chi connectivity index (χ4v) is 1.57. The molecule has 1 rings (SSSR count). The zero-order valence-electron chi connectivity index (χ0n) is 10.8. The van der Waals surface area contributed by atoms with Crippen LogP contribution in [0.3, 0.4) is 0 Å². The highest BCUT2D eigenvalue weighted by atomic mass is 16.4. The monoisotopic (exact) mass is 285 g/mol. The summed E-state index contributed by atoms with van der Waals surface area (Å²) >= 11 is 0. The third-order valence-electron chi connectivity index (χ3n) is 2.83. The van der Waals surface area contributed by atoms with Gasteiger partial charge in [0.25, 0.3) is 5.91 Å². The van der Waals surface area contributed by atoms with E-state index in [0.717, 1.165) is 5.56 Å². The van der Waals surface area contributed by atoms with E-state index in [1.807, 2.05) is 6.07 Å². The Balaban J connectivity index is 2.50. The Hall–Kier alpha value is -1.51. The topological polar surface area (TPSA) is 130 Å². The van der Waals surface area contributed by atoms with Gasteiger partial charge in [-0.15, -0.1) is 0 Å². The first-order valence-electron chi connectivity index (χ1n) is 6.12. The minimum absolute atomic E-state index is 0.155. The number of nitrogens with one attached hydrogen (secondary N) is 1. The van der Waals surface area contributed by atoms with Crippen molar-refractivity contribution in [3.63, 3.8) is 0 Å². The highest BCUT2D eigenvalue weighted by Crippen LogP contribution is 2.06. The smallest absolute Gasteiger partial charge is 0.251 e. The summed E-state index contributed by atoms with van der Waals surface area (Å²) in [6.45, 7) is -0.640. The van der Waals surface area contributed by atoms with Crippen LogP contribution in [0.2, 0.25) is 0 Å². The molecule has 20 heavy (non-hydrogen) atoms. The molecular weight excluding hydrogens is 266 g/mol. The minimum Gasteiger partial charge on any atom is -0.394 e. The second kappa shape index (κ2) is 7.93. The fourth-order valence-electron chi connectivity index (χ4n) is 1.57. The lowest BCUT2D eigenvalue weighted by Crippen LogP contribution is -2.51. The molecule has 0 spiro atoms. The molecule has 1 amide bonds. The van der Waals surface area contributed by atoms with E-state index >= 15 is 0 Å². The Bertz CT molecular complexity index is 413. The van der Waals surface area contributed by atoms with Crippen LogP contribution in [0.15, 0.2) is 30.3 Å². The van der Waals surface area contributed by atoms with E-state index in [1.165, 1.54) is 0 Å². The molecule has 0 fully saturated rings. The summed E-state index contributed by atoms with van der Waals surface area (Å²) in [5, 5.41) is 48.6. The van der Waals surface area contributed by atoms with E-state index in [0.29, 0.717) is 0 Å². The molecule has 0 saturated carbocycles. The maximum Gasteiger partial charge on any atom is 0.251 e. The van der Waals surface area contributed by atoms with Crippen molar-refractivity contribution in [1.29, 1.82) is 0 Å². The SMILES string of the molecule is O=C(NCc1ccccc1)[C@H](O)[C@H](O)[C@H](O)[C@@H](O)CO. The Kier molecular flexibility index (Phi) is 6.56. The van der Waals surface area contributed by atoms with E-state index in [2.05, 4.69) is 5.32 Å². The molecule has 1 aromatic rings. The molecule has 0 unspecified atom stereocenters. The van der Waals surface area contributed by atoms with Crippen molar-refractivity contribution >= 4 is 5.91 Å². The van der Waals surface area contributed by atoms with E-state index < -0.39 is 36.9 Å².